The van der Waals surface area contributed by atoms with Gasteiger partial charge >= 0.3 is 0 Å². The van der Waals surface area contributed by atoms with Crippen molar-refractivity contribution in [1.82, 2.24) is 15.2 Å². The summed E-state index contributed by atoms with van der Waals surface area (Å²) in [6.07, 6.45) is 0.977. The third-order valence-electron chi connectivity index (χ3n) is 3.50. The number of pyridine rings is 1. The molecule has 1 aromatic carbocycles. The molecular formula is C15H18Cl3N3O. The van der Waals surface area contributed by atoms with Crippen molar-refractivity contribution in [1.29, 1.82) is 0 Å². The average Bonchev–Trinajstić information content (AvgIpc) is 2.74. The molecule has 1 N–H and O–H groups in total. The van der Waals surface area contributed by atoms with Crippen LogP contribution in [0.1, 0.15) is 16.9 Å². The summed E-state index contributed by atoms with van der Waals surface area (Å²) in [5, 5.41) is 4.91. The lowest BCUT2D eigenvalue weighted by atomic mass is 10.2. The van der Waals surface area contributed by atoms with Gasteiger partial charge in [0, 0.05) is 30.0 Å². The molecule has 3 rings (SSSR count). The first-order valence-corrected chi connectivity index (χ1v) is 7.18. The van der Waals surface area contributed by atoms with E-state index in [1.807, 2.05) is 23.1 Å². The van der Waals surface area contributed by atoms with Gasteiger partial charge in [0.25, 0.3) is 5.91 Å². The van der Waals surface area contributed by atoms with Gasteiger partial charge in [-0.2, -0.15) is 0 Å². The van der Waals surface area contributed by atoms with Crippen molar-refractivity contribution in [3.63, 3.8) is 0 Å². The largest absolute Gasteiger partial charge is 0.336 e. The fourth-order valence-electron chi connectivity index (χ4n) is 2.42. The van der Waals surface area contributed by atoms with Crippen molar-refractivity contribution in [3.05, 3.63) is 41.0 Å². The highest BCUT2D eigenvalue weighted by atomic mass is 35.5. The van der Waals surface area contributed by atoms with E-state index >= 15 is 0 Å². The van der Waals surface area contributed by atoms with E-state index in [0.29, 0.717) is 10.7 Å². The van der Waals surface area contributed by atoms with Crippen LogP contribution in [0.4, 0.5) is 0 Å². The number of nitrogens with zero attached hydrogens (tertiary/aromatic N) is 2. The fraction of sp³-hybridized carbons (Fsp3) is 0.333. The van der Waals surface area contributed by atoms with Gasteiger partial charge in [0.1, 0.15) is 5.69 Å². The number of hydrogen-bond acceptors (Lipinski definition) is 3. The topological polar surface area (TPSA) is 45.2 Å². The molecule has 1 aliphatic heterocycles. The van der Waals surface area contributed by atoms with Crippen LogP contribution in [0.15, 0.2) is 30.3 Å². The third-order valence-corrected chi connectivity index (χ3v) is 3.74. The van der Waals surface area contributed by atoms with Crippen molar-refractivity contribution in [2.45, 2.75) is 6.42 Å². The van der Waals surface area contributed by atoms with Gasteiger partial charge in [0.05, 0.1) is 5.52 Å². The van der Waals surface area contributed by atoms with Crippen molar-refractivity contribution < 1.29 is 4.79 Å². The number of benzene rings is 1. The Morgan fingerprint density at radius 1 is 1.14 bits per heavy atom. The molecule has 0 bridgehead atoms. The SMILES string of the molecule is Cl.Cl.O=C(c1ccc2ccc(Cl)cc2n1)N1CCCNCC1. The molecule has 0 unspecified atom stereocenters. The Morgan fingerprint density at radius 2 is 1.91 bits per heavy atom. The lowest BCUT2D eigenvalue weighted by Gasteiger charge is -2.19. The molecule has 2 heterocycles. The van der Waals surface area contributed by atoms with Crippen LogP contribution in [-0.4, -0.2) is 42.0 Å². The Hall–Kier alpha value is -1.07. The van der Waals surface area contributed by atoms with Crippen molar-refractivity contribution in [3.8, 4) is 0 Å². The molecule has 0 spiro atoms. The summed E-state index contributed by atoms with van der Waals surface area (Å²) in [7, 11) is 0. The van der Waals surface area contributed by atoms with Gasteiger partial charge < -0.3 is 10.2 Å². The minimum Gasteiger partial charge on any atom is -0.336 e. The molecule has 1 aliphatic rings. The van der Waals surface area contributed by atoms with E-state index in [0.717, 1.165) is 43.5 Å². The summed E-state index contributed by atoms with van der Waals surface area (Å²) in [4.78, 5) is 18.8. The molecule has 1 aromatic heterocycles. The maximum Gasteiger partial charge on any atom is 0.272 e. The van der Waals surface area contributed by atoms with Crippen LogP contribution in [-0.2, 0) is 0 Å². The molecule has 1 saturated heterocycles. The highest BCUT2D eigenvalue weighted by Crippen LogP contribution is 2.18. The summed E-state index contributed by atoms with van der Waals surface area (Å²) in [6.45, 7) is 3.31. The molecular weight excluding hydrogens is 345 g/mol. The van der Waals surface area contributed by atoms with Gasteiger partial charge in [-0.25, -0.2) is 4.98 Å². The van der Waals surface area contributed by atoms with Crippen LogP contribution < -0.4 is 5.32 Å². The maximum atomic E-state index is 12.5. The van der Waals surface area contributed by atoms with E-state index in [-0.39, 0.29) is 30.7 Å². The summed E-state index contributed by atoms with van der Waals surface area (Å²) in [6, 6.07) is 9.23. The fourth-order valence-corrected chi connectivity index (χ4v) is 2.59. The summed E-state index contributed by atoms with van der Waals surface area (Å²) in [5.74, 6) is -0.00410. The van der Waals surface area contributed by atoms with E-state index in [2.05, 4.69) is 10.3 Å². The van der Waals surface area contributed by atoms with Crippen LogP contribution in [0, 0.1) is 0 Å². The average molecular weight is 363 g/mol. The van der Waals surface area contributed by atoms with Crippen molar-refractivity contribution in [2.24, 2.45) is 0 Å². The van der Waals surface area contributed by atoms with Crippen LogP contribution in [0.5, 0.6) is 0 Å². The Kier molecular flexibility index (Phi) is 7.36. The predicted molar refractivity (Wildman–Crippen MR) is 94.6 cm³/mol. The summed E-state index contributed by atoms with van der Waals surface area (Å²) >= 11 is 5.98. The van der Waals surface area contributed by atoms with Gasteiger partial charge in [0.2, 0.25) is 0 Å². The lowest BCUT2D eigenvalue weighted by molar-refractivity contribution is 0.0761. The Bertz CT molecular complexity index is 643. The first-order chi connectivity index (χ1) is 9.74. The standard InChI is InChI=1S/C15H16ClN3O.2ClH/c16-12-4-2-11-3-5-13(18-14(11)10-12)15(20)19-8-1-6-17-7-9-19;;/h2-5,10,17H,1,6-9H2;2*1H. The second-order valence-corrected chi connectivity index (χ2v) is 5.37. The zero-order valence-electron chi connectivity index (χ0n) is 11.9. The summed E-state index contributed by atoms with van der Waals surface area (Å²) < 4.78 is 0. The minimum atomic E-state index is -0.00410. The normalized spacial score (nSPS) is 14.7. The minimum absolute atomic E-state index is 0. The molecule has 0 radical (unpaired) electrons. The number of amides is 1. The third kappa shape index (κ3) is 4.23. The zero-order valence-corrected chi connectivity index (χ0v) is 14.3. The van der Waals surface area contributed by atoms with Crippen molar-refractivity contribution in [2.75, 3.05) is 26.2 Å². The quantitative estimate of drug-likeness (QED) is 0.847. The lowest BCUT2D eigenvalue weighted by Crippen LogP contribution is -2.34. The molecule has 7 heteroatoms. The van der Waals surface area contributed by atoms with Gasteiger partial charge in [-0.3, -0.25) is 4.79 Å². The van der Waals surface area contributed by atoms with Gasteiger partial charge in [-0.15, -0.1) is 24.8 Å². The molecule has 22 heavy (non-hydrogen) atoms. The molecule has 1 fully saturated rings. The molecule has 1 amide bonds. The smallest absolute Gasteiger partial charge is 0.272 e. The molecule has 0 saturated carbocycles. The Balaban J connectivity index is 0.00000121. The number of aromatic nitrogens is 1. The number of nitrogens with one attached hydrogen (secondary N) is 1. The van der Waals surface area contributed by atoms with E-state index in [9.17, 15) is 4.79 Å². The van der Waals surface area contributed by atoms with E-state index in [1.165, 1.54) is 0 Å². The maximum absolute atomic E-state index is 12.5. The molecule has 120 valence electrons. The van der Waals surface area contributed by atoms with Gasteiger partial charge in [0.15, 0.2) is 0 Å². The van der Waals surface area contributed by atoms with Crippen LogP contribution in [0.2, 0.25) is 5.02 Å². The number of rotatable bonds is 1. The van der Waals surface area contributed by atoms with E-state index in [1.54, 1.807) is 12.1 Å². The highest BCUT2D eigenvalue weighted by molar-refractivity contribution is 6.31. The monoisotopic (exact) mass is 361 g/mol. The highest BCUT2D eigenvalue weighted by Gasteiger charge is 2.18. The second-order valence-electron chi connectivity index (χ2n) is 4.93. The van der Waals surface area contributed by atoms with E-state index < -0.39 is 0 Å². The number of carbonyl (C=O) groups is 1. The molecule has 0 atom stereocenters. The number of carbonyl (C=O) groups excluding carboxylic acids is 1. The van der Waals surface area contributed by atoms with Crippen LogP contribution in [0.25, 0.3) is 10.9 Å². The molecule has 0 aliphatic carbocycles. The van der Waals surface area contributed by atoms with Gasteiger partial charge in [-0.05, 0) is 31.2 Å². The Labute approximate surface area is 147 Å². The van der Waals surface area contributed by atoms with E-state index in [4.69, 9.17) is 11.6 Å². The Morgan fingerprint density at radius 3 is 2.73 bits per heavy atom. The molecule has 4 nitrogen and oxygen atoms in total. The molecule has 2 aromatic rings. The number of halogens is 3. The number of fused-ring (bicyclic) bond motifs is 1. The van der Waals surface area contributed by atoms with Crippen LogP contribution >= 0.6 is 36.4 Å². The van der Waals surface area contributed by atoms with Crippen LogP contribution in [0.3, 0.4) is 0 Å². The number of hydrogen-bond donors (Lipinski definition) is 1. The van der Waals surface area contributed by atoms with Gasteiger partial charge in [-0.1, -0.05) is 23.7 Å². The zero-order chi connectivity index (χ0) is 13.9. The van der Waals surface area contributed by atoms with Crippen molar-refractivity contribution >= 4 is 53.2 Å². The first-order valence-electron chi connectivity index (χ1n) is 6.80. The second kappa shape index (κ2) is 8.53. The summed E-state index contributed by atoms with van der Waals surface area (Å²) in [5.41, 5.74) is 1.25. The first kappa shape index (κ1) is 19.0. The predicted octanol–water partition coefficient (Wildman–Crippen LogP) is 3.17.